The summed E-state index contributed by atoms with van der Waals surface area (Å²) in [5, 5.41) is 17.6. The van der Waals surface area contributed by atoms with Gasteiger partial charge in [-0.1, -0.05) is 77.6 Å². The van der Waals surface area contributed by atoms with Gasteiger partial charge in [-0.15, -0.1) is 0 Å². The lowest BCUT2D eigenvalue weighted by Crippen LogP contribution is -2.08. The summed E-state index contributed by atoms with van der Waals surface area (Å²) >= 11 is 0. The Balaban J connectivity index is 3.64. The van der Waals surface area contributed by atoms with Crippen LogP contribution in [0.1, 0.15) is 110 Å². The lowest BCUT2D eigenvalue weighted by molar-refractivity contribution is -0.138. The van der Waals surface area contributed by atoms with Crippen LogP contribution in [0.15, 0.2) is 0 Å². The predicted octanol–water partition coefficient (Wildman–Crippen LogP) is 6.03. The van der Waals surface area contributed by atoms with Gasteiger partial charge in [0.25, 0.3) is 0 Å². The third kappa shape index (κ3) is 17.3. The van der Waals surface area contributed by atoms with Crippen molar-refractivity contribution < 1.29 is 19.8 Å². The molecular weight excluding hydrogens is 304 g/mol. The summed E-state index contributed by atoms with van der Waals surface area (Å²) in [7, 11) is 0. The first-order valence-electron chi connectivity index (χ1n) is 9.99. The highest BCUT2D eigenvalue weighted by Gasteiger charge is 2.12. The Bertz CT molecular complexity index is 315. The van der Waals surface area contributed by atoms with E-state index >= 15 is 0 Å². The summed E-state index contributed by atoms with van der Waals surface area (Å²) in [6.07, 6.45) is 16.5. The molecule has 0 radical (unpaired) electrons. The molecule has 0 aliphatic carbocycles. The molecule has 0 aromatic heterocycles. The predicted molar refractivity (Wildman–Crippen MR) is 98.3 cm³/mol. The molecule has 0 aromatic carbocycles. The summed E-state index contributed by atoms with van der Waals surface area (Å²) in [5.41, 5.74) is 0. The van der Waals surface area contributed by atoms with E-state index in [4.69, 9.17) is 10.2 Å². The Morgan fingerprint density at radius 3 is 1.58 bits per heavy atom. The Labute approximate surface area is 148 Å². The van der Waals surface area contributed by atoms with E-state index in [0.717, 1.165) is 57.8 Å². The average Bonchev–Trinajstić information content (AvgIpc) is 2.52. The molecule has 2 N–H and O–H groups in total. The van der Waals surface area contributed by atoms with Gasteiger partial charge in [0.15, 0.2) is 0 Å². The van der Waals surface area contributed by atoms with Crippen molar-refractivity contribution in [3.05, 3.63) is 0 Å². The quantitative estimate of drug-likeness (QED) is 0.298. The van der Waals surface area contributed by atoms with E-state index in [1.165, 1.54) is 32.1 Å². The molecule has 0 aliphatic heterocycles. The van der Waals surface area contributed by atoms with Crippen molar-refractivity contribution >= 4 is 11.9 Å². The van der Waals surface area contributed by atoms with Gasteiger partial charge in [-0.2, -0.15) is 0 Å². The van der Waals surface area contributed by atoms with Crippen LogP contribution in [0.25, 0.3) is 0 Å². The minimum absolute atomic E-state index is 0.277. The van der Waals surface area contributed by atoms with Crippen molar-refractivity contribution in [2.75, 3.05) is 0 Å². The van der Waals surface area contributed by atoms with Gasteiger partial charge in [0.05, 0.1) is 0 Å². The molecule has 0 rings (SSSR count). The minimum atomic E-state index is -0.707. The maximum atomic E-state index is 11.0. The van der Waals surface area contributed by atoms with Crippen LogP contribution < -0.4 is 0 Å². The first-order chi connectivity index (χ1) is 11.6. The fourth-order valence-corrected chi connectivity index (χ4v) is 3.23. The Morgan fingerprint density at radius 2 is 1.12 bits per heavy atom. The molecule has 0 bridgehead atoms. The number of carbonyl (C=O) groups is 2. The summed E-state index contributed by atoms with van der Waals surface area (Å²) in [6, 6.07) is 0. The normalized spacial score (nSPS) is 12.2. The van der Waals surface area contributed by atoms with E-state index in [-0.39, 0.29) is 6.42 Å². The van der Waals surface area contributed by atoms with Gasteiger partial charge in [-0.25, -0.2) is 0 Å². The van der Waals surface area contributed by atoms with Crippen LogP contribution in [-0.4, -0.2) is 22.2 Å². The van der Waals surface area contributed by atoms with Crippen LogP contribution in [0.4, 0.5) is 0 Å². The van der Waals surface area contributed by atoms with Gasteiger partial charge in [0.1, 0.15) is 0 Å². The standard InChI is InChI=1S/C20H38O4/c1-2-3-4-5-8-11-14-18(17-20(23)24)15-12-9-6-7-10-13-16-19(21)22/h18H,2-17H2,1H3,(H,21,22)(H,23,24). The van der Waals surface area contributed by atoms with E-state index in [1.54, 1.807) is 0 Å². The molecule has 0 amide bonds. The third-order valence-electron chi connectivity index (χ3n) is 4.68. The zero-order valence-electron chi connectivity index (χ0n) is 15.6. The SMILES string of the molecule is CCCCCCCCC(CCCCCCCCC(=O)O)CC(=O)O. The lowest BCUT2D eigenvalue weighted by Gasteiger charge is -2.14. The zero-order valence-corrected chi connectivity index (χ0v) is 15.6. The molecule has 142 valence electrons. The van der Waals surface area contributed by atoms with Gasteiger partial charge >= 0.3 is 11.9 Å². The fraction of sp³-hybridized carbons (Fsp3) is 0.900. The highest BCUT2D eigenvalue weighted by molar-refractivity contribution is 5.67. The van der Waals surface area contributed by atoms with Gasteiger partial charge in [0, 0.05) is 12.8 Å². The van der Waals surface area contributed by atoms with Crippen LogP contribution >= 0.6 is 0 Å². The van der Waals surface area contributed by atoms with Crippen LogP contribution in [-0.2, 0) is 9.59 Å². The molecule has 24 heavy (non-hydrogen) atoms. The molecule has 0 heterocycles. The first-order valence-corrected chi connectivity index (χ1v) is 9.99. The van der Waals surface area contributed by atoms with Crippen LogP contribution in [0.3, 0.4) is 0 Å². The fourth-order valence-electron chi connectivity index (χ4n) is 3.23. The maximum Gasteiger partial charge on any atom is 0.303 e. The third-order valence-corrected chi connectivity index (χ3v) is 4.68. The van der Waals surface area contributed by atoms with Gasteiger partial charge < -0.3 is 10.2 Å². The number of carboxylic acids is 2. The van der Waals surface area contributed by atoms with Gasteiger partial charge in [-0.05, 0) is 25.2 Å². The van der Waals surface area contributed by atoms with Crippen molar-refractivity contribution in [1.29, 1.82) is 0 Å². The molecule has 0 saturated heterocycles. The summed E-state index contributed by atoms with van der Waals surface area (Å²) < 4.78 is 0. The van der Waals surface area contributed by atoms with Crippen LogP contribution in [0.5, 0.6) is 0 Å². The first kappa shape index (κ1) is 22.9. The zero-order chi connectivity index (χ0) is 18.0. The van der Waals surface area contributed by atoms with E-state index in [9.17, 15) is 9.59 Å². The molecule has 0 fully saturated rings. The van der Waals surface area contributed by atoms with Crippen molar-refractivity contribution in [1.82, 2.24) is 0 Å². The Kier molecular flexibility index (Phi) is 16.0. The maximum absolute atomic E-state index is 11.0. The molecule has 4 nitrogen and oxygen atoms in total. The Hall–Kier alpha value is -1.06. The molecule has 0 aliphatic rings. The molecule has 0 spiro atoms. The molecule has 4 heteroatoms. The van der Waals surface area contributed by atoms with E-state index in [0.29, 0.717) is 12.3 Å². The Morgan fingerprint density at radius 1 is 0.667 bits per heavy atom. The van der Waals surface area contributed by atoms with Crippen molar-refractivity contribution in [2.24, 2.45) is 5.92 Å². The molecule has 0 saturated carbocycles. The van der Waals surface area contributed by atoms with Crippen LogP contribution in [0, 0.1) is 5.92 Å². The van der Waals surface area contributed by atoms with Crippen LogP contribution in [0.2, 0.25) is 0 Å². The van der Waals surface area contributed by atoms with E-state index in [2.05, 4.69) is 6.92 Å². The molecule has 0 aromatic rings. The number of hydrogen-bond donors (Lipinski definition) is 2. The van der Waals surface area contributed by atoms with Crippen molar-refractivity contribution in [3.63, 3.8) is 0 Å². The van der Waals surface area contributed by atoms with Crippen molar-refractivity contribution in [3.8, 4) is 0 Å². The topological polar surface area (TPSA) is 74.6 Å². The molecule has 1 atom stereocenters. The van der Waals surface area contributed by atoms with E-state index < -0.39 is 11.9 Å². The largest absolute Gasteiger partial charge is 0.481 e. The number of unbranched alkanes of at least 4 members (excludes halogenated alkanes) is 10. The minimum Gasteiger partial charge on any atom is -0.481 e. The lowest BCUT2D eigenvalue weighted by atomic mass is 9.91. The second-order valence-corrected chi connectivity index (χ2v) is 7.07. The van der Waals surface area contributed by atoms with E-state index in [1.807, 2.05) is 0 Å². The molecule has 1 unspecified atom stereocenters. The van der Waals surface area contributed by atoms with Crippen molar-refractivity contribution in [2.45, 2.75) is 110 Å². The van der Waals surface area contributed by atoms with Gasteiger partial charge in [0.2, 0.25) is 0 Å². The number of carboxylic acid groups (broad SMARTS) is 2. The van der Waals surface area contributed by atoms with Gasteiger partial charge in [-0.3, -0.25) is 9.59 Å². The number of hydrogen-bond acceptors (Lipinski definition) is 2. The molecular formula is C20H38O4. The second-order valence-electron chi connectivity index (χ2n) is 7.07. The summed E-state index contributed by atoms with van der Waals surface area (Å²) in [6.45, 7) is 2.22. The highest BCUT2D eigenvalue weighted by atomic mass is 16.4. The summed E-state index contributed by atoms with van der Waals surface area (Å²) in [5.74, 6) is -1.04. The number of rotatable bonds is 18. The summed E-state index contributed by atoms with van der Waals surface area (Å²) in [4.78, 5) is 21.4. The monoisotopic (exact) mass is 342 g/mol. The second kappa shape index (κ2) is 16.8. The number of aliphatic carboxylic acids is 2. The average molecular weight is 343 g/mol. The smallest absolute Gasteiger partial charge is 0.303 e. The highest BCUT2D eigenvalue weighted by Crippen LogP contribution is 2.22.